The van der Waals surface area contributed by atoms with Crippen LogP contribution in [0.5, 0.6) is 0 Å². The Labute approximate surface area is 125 Å². The number of benzene rings is 1. The van der Waals surface area contributed by atoms with E-state index < -0.39 is 6.09 Å². The monoisotopic (exact) mass is 287 g/mol. The van der Waals surface area contributed by atoms with Crippen molar-refractivity contribution in [2.75, 3.05) is 6.61 Å². The van der Waals surface area contributed by atoms with Gasteiger partial charge in [0.05, 0.1) is 6.04 Å². The first kappa shape index (κ1) is 14.1. The predicted molar refractivity (Wildman–Crippen MR) is 78.7 cm³/mol. The molecule has 2 amide bonds. The molecular formula is C17H21NO3. The Morgan fingerprint density at radius 2 is 1.90 bits per heavy atom. The molecule has 0 spiro atoms. The lowest BCUT2D eigenvalue weighted by Gasteiger charge is -2.21. The predicted octanol–water partition coefficient (Wildman–Crippen LogP) is 3.16. The van der Waals surface area contributed by atoms with Crippen LogP contribution >= 0.6 is 0 Å². The molecule has 3 rings (SSSR count). The van der Waals surface area contributed by atoms with Gasteiger partial charge in [0, 0.05) is 6.42 Å². The summed E-state index contributed by atoms with van der Waals surface area (Å²) in [4.78, 5) is 25.7. The highest BCUT2D eigenvalue weighted by atomic mass is 16.6. The molecular weight excluding hydrogens is 266 g/mol. The second kappa shape index (κ2) is 6.29. The normalized spacial score (nSPS) is 22.6. The van der Waals surface area contributed by atoms with Crippen molar-refractivity contribution < 1.29 is 14.3 Å². The van der Waals surface area contributed by atoms with E-state index in [9.17, 15) is 9.59 Å². The molecule has 1 atom stereocenters. The second-order valence-corrected chi connectivity index (χ2v) is 6.04. The topological polar surface area (TPSA) is 46.6 Å². The van der Waals surface area contributed by atoms with E-state index in [0.717, 1.165) is 18.4 Å². The molecule has 4 nitrogen and oxygen atoms in total. The van der Waals surface area contributed by atoms with E-state index in [1.807, 2.05) is 30.3 Å². The molecule has 112 valence electrons. The van der Waals surface area contributed by atoms with Crippen molar-refractivity contribution in [2.45, 2.75) is 44.6 Å². The van der Waals surface area contributed by atoms with Gasteiger partial charge >= 0.3 is 6.09 Å². The number of hydrogen-bond acceptors (Lipinski definition) is 3. The van der Waals surface area contributed by atoms with Crippen molar-refractivity contribution in [3.05, 3.63) is 35.9 Å². The molecule has 1 saturated heterocycles. The third-order valence-corrected chi connectivity index (χ3v) is 4.48. The van der Waals surface area contributed by atoms with Crippen LogP contribution in [0.1, 0.15) is 37.7 Å². The molecule has 2 fully saturated rings. The van der Waals surface area contributed by atoms with Crippen LogP contribution in [0.4, 0.5) is 4.79 Å². The maximum absolute atomic E-state index is 12.4. The number of carbonyl (C=O) groups is 2. The summed E-state index contributed by atoms with van der Waals surface area (Å²) in [5.74, 6) is 0.383. The van der Waals surface area contributed by atoms with Gasteiger partial charge in [0.15, 0.2) is 0 Å². The number of nitrogens with zero attached hydrogens (tertiary/aromatic N) is 1. The SMILES string of the molecule is O=C(CC1CCCC1)N1C(=O)OC[C@H]1Cc1ccccc1. The standard InChI is InChI=1S/C17H21NO3/c19-16(11-14-8-4-5-9-14)18-15(12-21-17(18)20)10-13-6-2-1-3-7-13/h1-3,6-7,14-15H,4-5,8-12H2/t15-/m1/s1. The van der Waals surface area contributed by atoms with Gasteiger partial charge in [-0.3, -0.25) is 4.79 Å². The summed E-state index contributed by atoms with van der Waals surface area (Å²) in [7, 11) is 0. The van der Waals surface area contributed by atoms with E-state index >= 15 is 0 Å². The summed E-state index contributed by atoms with van der Waals surface area (Å²) in [6, 6.07) is 9.77. The van der Waals surface area contributed by atoms with Crippen LogP contribution in [-0.2, 0) is 16.0 Å². The number of carbonyl (C=O) groups excluding carboxylic acids is 2. The number of hydrogen-bond donors (Lipinski definition) is 0. The van der Waals surface area contributed by atoms with Gasteiger partial charge in [-0.2, -0.15) is 0 Å². The summed E-state index contributed by atoms with van der Waals surface area (Å²) >= 11 is 0. The first-order valence-electron chi connectivity index (χ1n) is 7.77. The van der Waals surface area contributed by atoms with Crippen molar-refractivity contribution in [1.29, 1.82) is 0 Å². The molecule has 1 heterocycles. The lowest BCUT2D eigenvalue weighted by atomic mass is 10.0. The van der Waals surface area contributed by atoms with E-state index in [1.54, 1.807) is 0 Å². The zero-order chi connectivity index (χ0) is 14.7. The quantitative estimate of drug-likeness (QED) is 0.854. The Kier molecular flexibility index (Phi) is 4.23. The maximum atomic E-state index is 12.4. The van der Waals surface area contributed by atoms with Crippen LogP contribution < -0.4 is 0 Å². The van der Waals surface area contributed by atoms with Crippen molar-refractivity contribution in [3.63, 3.8) is 0 Å². The van der Waals surface area contributed by atoms with Crippen molar-refractivity contribution in [2.24, 2.45) is 5.92 Å². The summed E-state index contributed by atoms with van der Waals surface area (Å²) in [5, 5.41) is 0. The number of cyclic esters (lactones) is 1. The minimum absolute atomic E-state index is 0.0645. The lowest BCUT2D eigenvalue weighted by molar-refractivity contribution is -0.130. The first-order valence-corrected chi connectivity index (χ1v) is 7.77. The Balaban J connectivity index is 1.65. The van der Waals surface area contributed by atoms with E-state index in [-0.39, 0.29) is 11.9 Å². The van der Waals surface area contributed by atoms with E-state index in [1.165, 1.54) is 17.7 Å². The average molecular weight is 287 g/mol. The molecule has 1 aliphatic carbocycles. The third kappa shape index (κ3) is 3.26. The van der Waals surface area contributed by atoms with E-state index in [4.69, 9.17) is 4.74 Å². The van der Waals surface area contributed by atoms with Crippen molar-refractivity contribution in [3.8, 4) is 0 Å². The van der Waals surface area contributed by atoms with Gasteiger partial charge in [0.2, 0.25) is 5.91 Å². The molecule has 1 aromatic carbocycles. The molecule has 1 saturated carbocycles. The Bertz CT molecular complexity index is 508. The second-order valence-electron chi connectivity index (χ2n) is 6.04. The van der Waals surface area contributed by atoms with Crippen LogP contribution in [0, 0.1) is 5.92 Å². The number of ether oxygens (including phenoxy) is 1. The van der Waals surface area contributed by atoms with Gasteiger partial charge in [0.1, 0.15) is 6.61 Å². The fourth-order valence-corrected chi connectivity index (χ4v) is 3.36. The molecule has 0 aromatic heterocycles. The highest BCUT2D eigenvalue weighted by Crippen LogP contribution is 2.29. The van der Waals surface area contributed by atoms with Crippen LogP contribution in [0.25, 0.3) is 0 Å². The largest absolute Gasteiger partial charge is 0.447 e. The fourth-order valence-electron chi connectivity index (χ4n) is 3.36. The van der Waals surface area contributed by atoms with Crippen LogP contribution in [0.3, 0.4) is 0 Å². The molecule has 0 bridgehead atoms. The summed E-state index contributed by atoms with van der Waals surface area (Å²) < 4.78 is 5.10. The van der Waals surface area contributed by atoms with Crippen LogP contribution in [0.2, 0.25) is 0 Å². The molecule has 1 aliphatic heterocycles. The van der Waals surface area contributed by atoms with Gasteiger partial charge in [-0.25, -0.2) is 9.69 Å². The molecule has 0 unspecified atom stereocenters. The molecule has 2 aliphatic rings. The van der Waals surface area contributed by atoms with Gasteiger partial charge < -0.3 is 4.74 Å². The van der Waals surface area contributed by atoms with E-state index in [0.29, 0.717) is 25.4 Å². The summed E-state index contributed by atoms with van der Waals surface area (Å²) in [6.07, 6.45) is 5.31. The molecule has 1 aromatic rings. The number of rotatable bonds is 4. The van der Waals surface area contributed by atoms with Crippen molar-refractivity contribution in [1.82, 2.24) is 4.90 Å². The number of amides is 2. The van der Waals surface area contributed by atoms with Gasteiger partial charge in [-0.1, -0.05) is 43.2 Å². The highest BCUT2D eigenvalue weighted by Gasteiger charge is 2.38. The Morgan fingerprint density at radius 1 is 1.19 bits per heavy atom. The first-order chi connectivity index (χ1) is 10.2. The summed E-state index contributed by atoms with van der Waals surface area (Å²) in [5.41, 5.74) is 1.12. The van der Waals surface area contributed by atoms with Crippen LogP contribution in [-0.4, -0.2) is 29.5 Å². The summed E-state index contributed by atoms with van der Waals surface area (Å²) in [6.45, 7) is 0.310. The molecule has 21 heavy (non-hydrogen) atoms. The highest BCUT2D eigenvalue weighted by molar-refractivity contribution is 5.93. The van der Waals surface area contributed by atoms with Gasteiger partial charge in [-0.15, -0.1) is 0 Å². The molecule has 0 N–H and O–H groups in total. The minimum Gasteiger partial charge on any atom is -0.447 e. The average Bonchev–Trinajstić information content (AvgIpc) is 3.10. The van der Waals surface area contributed by atoms with Crippen molar-refractivity contribution >= 4 is 12.0 Å². The smallest absolute Gasteiger partial charge is 0.416 e. The third-order valence-electron chi connectivity index (χ3n) is 4.48. The van der Waals surface area contributed by atoms with Gasteiger partial charge in [-0.05, 0) is 30.7 Å². The minimum atomic E-state index is -0.473. The Hall–Kier alpha value is -1.84. The zero-order valence-corrected chi connectivity index (χ0v) is 12.2. The zero-order valence-electron chi connectivity index (χ0n) is 12.2. The Morgan fingerprint density at radius 3 is 2.62 bits per heavy atom. The van der Waals surface area contributed by atoms with Gasteiger partial charge in [0.25, 0.3) is 0 Å². The van der Waals surface area contributed by atoms with Crippen LogP contribution in [0.15, 0.2) is 30.3 Å². The maximum Gasteiger partial charge on any atom is 0.416 e. The molecule has 4 heteroatoms. The van der Waals surface area contributed by atoms with E-state index in [2.05, 4.69) is 0 Å². The lowest BCUT2D eigenvalue weighted by Crippen LogP contribution is -2.40. The number of imide groups is 1. The molecule has 0 radical (unpaired) electrons. The fraction of sp³-hybridized carbons (Fsp3) is 0.529.